The zero-order chi connectivity index (χ0) is 22.7. The van der Waals surface area contributed by atoms with Crippen molar-refractivity contribution < 1.29 is 28.8 Å². The van der Waals surface area contributed by atoms with Crippen molar-refractivity contribution in [2.75, 3.05) is 27.4 Å². The fourth-order valence-corrected chi connectivity index (χ4v) is 3.68. The summed E-state index contributed by atoms with van der Waals surface area (Å²) in [5, 5.41) is 9.53. The van der Waals surface area contributed by atoms with E-state index in [9.17, 15) is 14.7 Å². The van der Waals surface area contributed by atoms with Gasteiger partial charge in [-0.05, 0) is 18.9 Å². The Labute approximate surface area is 180 Å². The Hall–Kier alpha value is -3.07. The van der Waals surface area contributed by atoms with Crippen LogP contribution in [0.5, 0.6) is 17.4 Å². The molecule has 31 heavy (non-hydrogen) atoms. The van der Waals surface area contributed by atoms with Crippen molar-refractivity contribution in [2.45, 2.75) is 39.8 Å². The average molecular weight is 432 g/mol. The molecule has 0 bridgehead atoms. The van der Waals surface area contributed by atoms with Crippen LogP contribution in [0.25, 0.3) is 11.4 Å². The van der Waals surface area contributed by atoms with Crippen molar-refractivity contribution in [3.05, 3.63) is 33.6 Å². The maximum Gasteiger partial charge on any atom is 0.341 e. The van der Waals surface area contributed by atoms with E-state index >= 15 is 0 Å². The number of pyridine rings is 2. The number of fused-ring (bicyclic) bond motifs is 3. The molecular weight excluding hydrogens is 404 g/mol. The Morgan fingerprint density at radius 1 is 1.29 bits per heavy atom. The lowest BCUT2D eigenvalue weighted by atomic mass is 9.92. The van der Waals surface area contributed by atoms with Gasteiger partial charge in [-0.15, -0.1) is 0 Å². The van der Waals surface area contributed by atoms with Crippen LogP contribution >= 0.6 is 0 Å². The highest BCUT2D eigenvalue weighted by Gasteiger charge is 2.35. The van der Waals surface area contributed by atoms with Crippen LogP contribution in [0.3, 0.4) is 0 Å². The third kappa shape index (κ3) is 4.23. The largest absolute Gasteiger partial charge is 0.488 e. The monoisotopic (exact) mass is 432 g/mol. The second-order valence-electron chi connectivity index (χ2n) is 7.54. The molecule has 0 saturated carbocycles. The lowest BCUT2D eigenvalue weighted by Gasteiger charge is -2.32. The first-order chi connectivity index (χ1) is 14.8. The van der Waals surface area contributed by atoms with Gasteiger partial charge in [0.2, 0.25) is 0 Å². The summed E-state index contributed by atoms with van der Waals surface area (Å²) in [6, 6.07) is 3.12. The molecule has 1 aliphatic heterocycles. The molecule has 3 rings (SSSR count). The topological polar surface area (TPSA) is 109 Å². The fraction of sp³-hybridized carbons (Fsp3) is 0.500. The first-order valence-corrected chi connectivity index (χ1v) is 10.2. The fourth-order valence-electron chi connectivity index (χ4n) is 3.68. The molecule has 2 aromatic heterocycles. The van der Waals surface area contributed by atoms with Crippen LogP contribution in [0.15, 0.2) is 16.9 Å². The van der Waals surface area contributed by atoms with E-state index in [4.69, 9.17) is 18.9 Å². The number of carbonyl (C=O) groups is 1. The zero-order valence-corrected chi connectivity index (χ0v) is 18.4. The van der Waals surface area contributed by atoms with Crippen molar-refractivity contribution in [3.8, 4) is 28.8 Å². The third-order valence-electron chi connectivity index (χ3n) is 5.12. The van der Waals surface area contributed by atoms with E-state index in [0.29, 0.717) is 48.1 Å². The summed E-state index contributed by atoms with van der Waals surface area (Å²) in [6.07, 6.45) is 0.248. The van der Waals surface area contributed by atoms with Crippen molar-refractivity contribution in [1.82, 2.24) is 9.55 Å². The van der Waals surface area contributed by atoms with Crippen LogP contribution in [-0.4, -0.2) is 48.1 Å². The molecule has 0 aliphatic carbocycles. The number of methoxy groups -OCH3 is 2. The van der Waals surface area contributed by atoms with Gasteiger partial charge in [0.1, 0.15) is 17.4 Å². The van der Waals surface area contributed by atoms with Gasteiger partial charge in [0.25, 0.3) is 11.4 Å². The number of hydrogen-bond acceptors (Lipinski definition) is 7. The van der Waals surface area contributed by atoms with E-state index in [-0.39, 0.29) is 23.9 Å². The van der Waals surface area contributed by atoms with Gasteiger partial charge < -0.3 is 28.6 Å². The van der Waals surface area contributed by atoms with Gasteiger partial charge in [-0.25, -0.2) is 9.78 Å². The summed E-state index contributed by atoms with van der Waals surface area (Å²) in [6.45, 7) is 7.00. The molecule has 1 atom stereocenters. The Morgan fingerprint density at radius 2 is 2.03 bits per heavy atom. The van der Waals surface area contributed by atoms with Crippen molar-refractivity contribution in [2.24, 2.45) is 5.92 Å². The molecule has 1 aliphatic rings. The van der Waals surface area contributed by atoms with Gasteiger partial charge >= 0.3 is 5.97 Å². The SMILES string of the molecule is CCn1c2c(cc(C(=O)O)c1=O)[C@@H](C(C)C)Oc1cc(OCCCOC)c(OC)nc1-2. The summed E-state index contributed by atoms with van der Waals surface area (Å²) in [4.78, 5) is 29.1. The molecule has 0 aromatic carbocycles. The summed E-state index contributed by atoms with van der Waals surface area (Å²) < 4.78 is 23.9. The Balaban J connectivity index is 2.21. The van der Waals surface area contributed by atoms with E-state index in [1.165, 1.54) is 17.7 Å². The number of carboxylic acids is 1. The molecule has 168 valence electrons. The number of rotatable bonds is 9. The smallest absolute Gasteiger partial charge is 0.341 e. The normalized spacial score (nSPS) is 14.6. The molecule has 0 saturated heterocycles. The second-order valence-corrected chi connectivity index (χ2v) is 7.54. The molecule has 2 aromatic rings. The lowest BCUT2D eigenvalue weighted by Crippen LogP contribution is -2.32. The molecule has 0 radical (unpaired) electrons. The highest BCUT2D eigenvalue weighted by Crippen LogP contribution is 2.46. The van der Waals surface area contributed by atoms with E-state index in [1.807, 2.05) is 13.8 Å². The highest BCUT2D eigenvalue weighted by molar-refractivity contribution is 5.88. The number of aromatic nitrogens is 2. The Bertz CT molecular complexity index is 1030. The van der Waals surface area contributed by atoms with Gasteiger partial charge in [-0.3, -0.25) is 4.79 Å². The van der Waals surface area contributed by atoms with Crippen molar-refractivity contribution in [3.63, 3.8) is 0 Å². The first kappa shape index (κ1) is 22.6. The summed E-state index contributed by atoms with van der Waals surface area (Å²) in [5.41, 5.74) is 0.711. The van der Waals surface area contributed by atoms with Gasteiger partial charge in [0.15, 0.2) is 11.5 Å². The molecule has 9 heteroatoms. The minimum atomic E-state index is -1.27. The van der Waals surface area contributed by atoms with Crippen LogP contribution in [-0.2, 0) is 11.3 Å². The van der Waals surface area contributed by atoms with Crippen molar-refractivity contribution in [1.29, 1.82) is 0 Å². The number of carboxylic acid groups (broad SMARTS) is 1. The van der Waals surface area contributed by atoms with Crippen LogP contribution in [0.4, 0.5) is 0 Å². The zero-order valence-electron chi connectivity index (χ0n) is 18.4. The minimum Gasteiger partial charge on any atom is -0.488 e. The van der Waals surface area contributed by atoms with Gasteiger partial charge in [-0.2, -0.15) is 0 Å². The number of hydrogen-bond donors (Lipinski definition) is 1. The van der Waals surface area contributed by atoms with E-state index < -0.39 is 17.6 Å². The second kappa shape index (κ2) is 9.38. The summed E-state index contributed by atoms with van der Waals surface area (Å²) in [7, 11) is 3.11. The van der Waals surface area contributed by atoms with Gasteiger partial charge in [0.05, 0.1) is 19.4 Å². The molecule has 1 N–H and O–H groups in total. The maximum absolute atomic E-state index is 12.9. The lowest BCUT2D eigenvalue weighted by molar-refractivity contribution is 0.0693. The maximum atomic E-state index is 12.9. The molecule has 0 unspecified atom stereocenters. The van der Waals surface area contributed by atoms with Gasteiger partial charge in [0, 0.05) is 38.3 Å². The van der Waals surface area contributed by atoms with Crippen molar-refractivity contribution >= 4 is 5.97 Å². The molecule has 9 nitrogen and oxygen atoms in total. The molecule has 0 spiro atoms. The average Bonchev–Trinajstić information content (AvgIpc) is 2.74. The van der Waals surface area contributed by atoms with Crippen LogP contribution in [0.1, 0.15) is 49.2 Å². The first-order valence-electron chi connectivity index (χ1n) is 10.2. The standard InChI is InChI=1S/C22H28N2O7/c1-6-24-18-13(10-14(21(24)25)22(26)27)19(12(2)3)31-15-11-16(30-9-7-8-28-4)20(29-5)23-17(15)18/h10-12,19H,6-9H2,1-5H3,(H,26,27)/t19-/m1/s1. The van der Waals surface area contributed by atoms with Gasteiger partial charge in [-0.1, -0.05) is 13.8 Å². The third-order valence-corrected chi connectivity index (χ3v) is 5.12. The highest BCUT2D eigenvalue weighted by atomic mass is 16.5. The Kier molecular flexibility index (Phi) is 6.84. The van der Waals surface area contributed by atoms with E-state index in [2.05, 4.69) is 4.98 Å². The van der Waals surface area contributed by atoms with Crippen LogP contribution in [0.2, 0.25) is 0 Å². The van der Waals surface area contributed by atoms with E-state index in [1.54, 1.807) is 20.1 Å². The quantitative estimate of drug-likeness (QED) is 0.602. The number of nitrogens with zero attached hydrogens (tertiary/aromatic N) is 2. The number of aromatic carboxylic acids is 1. The predicted octanol–water partition coefficient (Wildman–Crippen LogP) is 3.14. The molecular formula is C22H28N2O7. The predicted molar refractivity (Wildman–Crippen MR) is 113 cm³/mol. The van der Waals surface area contributed by atoms with E-state index in [0.717, 1.165) is 0 Å². The molecule has 0 fully saturated rings. The molecule has 3 heterocycles. The summed E-state index contributed by atoms with van der Waals surface area (Å²) >= 11 is 0. The van der Waals surface area contributed by atoms with Crippen LogP contribution in [0, 0.1) is 5.92 Å². The Morgan fingerprint density at radius 3 is 2.61 bits per heavy atom. The minimum absolute atomic E-state index is 0.0181. The number of ether oxygens (including phenoxy) is 4. The summed E-state index contributed by atoms with van der Waals surface area (Å²) in [5.74, 6) is -0.112. The van der Waals surface area contributed by atoms with Crippen LogP contribution < -0.4 is 19.8 Å². The molecule has 0 amide bonds.